The van der Waals surface area contributed by atoms with Gasteiger partial charge in [0.25, 0.3) is 0 Å². The van der Waals surface area contributed by atoms with Gasteiger partial charge in [-0.2, -0.15) is 0 Å². The maximum Gasteiger partial charge on any atom is 0.0520 e. The third kappa shape index (κ3) is 2.42. The summed E-state index contributed by atoms with van der Waals surface area (Å²) in [5.74, 6) is 0. The lowest BCUT2D eigenvalue weighted by Gasteiger charge is -2.01. The summed E-state index contributed by atoms with van der Waals surface area (Å²) < 4.78 is 0. The molecule has 0 saturated carbocycles. The van der Waals surface area contributed by atoms with Crippen LogP contribution in [0.1, 0.15) is 11.4 Å². The van der Waals surface area contributed by atoms with Crippen LogP contribution in [0.5, 0.6) is 0 Å². The molecule has 0 aliphatic heterocycles. The minimum absolute atomic E-state index is 1.09. The second kappa shape index (κ2) is 4.02. The first-order valence-electron chi connectivity index (χ1n) is 3.39. The first kappa shape index (κ1) is 8.94. The maximum absolute atomic E-state index is 4.36. The van der Waals surface area contributed by atoms with Gasteiger partial charge in [0.05, 0.1) is 5.69 Å². The lowest BCUT2D eigenvalue weighted by molar-refractivity contribution is 1.06. The van der Waals surface area contributed by atoms with Crippen LogP contribution in [0.3, 0.4) is 0 Å². The van der Waals surface area contributed by atoms with E-state index in [0.717, 1.165) is 11.4 Å². The second-order valence-electron chi connectivity index (χ2n) is 2.29. The van der Waals surface area contributed by atoms with Crippen molar-refractivity contribution in [2.75, 3.05) is 6.26 Å². The first-order valence-corrected chi connectivity index (χ1v) is 5.95. The number of hydrogen-bond acceptors (Lipinski definition) is 3. The van der Waals surface area contributed by atoms with Gasteiger partial charge in [0, 0.05) is 10.6 Å². The number of aryl methyl sites for hydroxylation is 2. The van der Waals surface area contributed by atoms with E-state index in [-0.39, 0.29) is 0 Å². The largest absolute Gasteiger partial charge is 0.257 e. The van der Waals surface area contributed by atoms with Crippen molar-refractivity contribution in [3.63, 3.8) is 0 Å². The highest BCUT2D eigenvalue weighted by atomic mass is 33.1. The zero-order chi connectivity index (χ0) is 8.27. The predicted octanol–water partition coefficient (Wildman–Crippen LogP) is 3.07. The van der Waals surface area contributed by atoms with E-state index in [4.69, 9.17) is 0 Å². The Balaban J connectivity index is 2.90. The van der Waals surface area contributed by atoms with Gasteiger partial charge in [-0.1, -0.05) is 21.6 Å². The highest BCUT2D eigenvalue weighted by Crippen LogP contribution is 2.30. The molecule has 1 aromatic heterocycles. The average Bonchev–Trinajstić information content (AvgIpc) is 1.95. The molecule has 3 heteroatoms. The Kier molecular flexibility index (Phi) is 3.27. The number of nitrogens with zero attached hydrogens (tertiary/aromatic N) is 1. The Hall–Kier alpha value is -0.150. The summed E-state index contributed by atoms with van der Waals surface area (Å²) in [5.41, 5.74) is 2.22. The normalized spacial score (nSPS) is 10.1. The SMILES string of the molecule is CSSc1ccc(C)nc1C. The summed E-state index contributed by atoms with van der Waals surface area (Å²) in [6.45, 7) is 4.06. The van der Waals surface area contributed by atoms with Crippen molar-refractivity contribution < 1.29 is 0 Å². The van der Waals surface area contributed by atoms with Crippen molar-refractivity contribution in [2.45, 2.75) is 18.7 Å². The van der Waals surface area contributed by atoms with Gasteiger partial charge in [-0.3, -0.25) is 4.98 Å². The molecule has 0 N–H and O–H groups in total. The Morgan fingerprint density at radius 1 is 1.27 bits per heavy atom. The van der Waals surface area contributed by atoms with Gasteiger partial charge in [0.1, 0.15) is 0 Å². The summed E-state index contributed by atoms with van der Waals surface area (Å²) in [7, 11) is 3.52. The average molecular weight is 185 g/mol. The van der Waals surface area contributed by atoms with Crippen LogP contribution in [0.15, 0.2) is 17.0 Å². The molecular weight excluding hydrogens is 174 g/mol. The van der Waals surface area contributed by atoms with Crippen LogP contribution in [0.4, 0.5) is 0 Å². The van der Waals surface area contributed by atoms with Gasteiger partial charge in [-0.05, 0) is 32.2 Å². The summed E-state index contributed by atoms with van der Waals surface area (Å²) >= 11 is 0. The van der Waals surface area contributed by atoms with Crippen molar-refractivity contribution in [2.24, 2.45) is 0 Å². The molecule has 0 atom stereocenters. The smallest absolute Gasteiger partial charge is 0.0520 e. The van der Waals surface area contributed by atoms with Crippen LogP contribution in [0.2, 0.25) is 0 Å². The first-order chi connectivity index (χ1) is 5.24. The fourth-order valence-corrected chi connectivity index (χ4v) is 2.39. The molecule has 0 bridgehead atoms. The molecule has 0 radical (unpaired) electrons. The third-order valence-corrected chi connectivity index (χ3v) is 3.17. The number of aromatic nitrogens is 1. The molecule has 1 heterocycles. The lowest BCUT2D eigenvalue weighted by Crippen LogP contribution is -1.86. The molecule has 0 spiro atoms. The molecular formula is C8H11NS2. The van der Waals surface area contributed by atoms with E-state index in [9.17, 15) is 0 Å². The topological polar surface area (TPSA) is 12.9 Å². The summed E-state index contributed by atoms with van der Waals surface area (Å²) in [6.07, 6.45) is 2.07. The molecule has 0 aliphatic rings. The van der Waals surface area contributed by atoms with E-state index in [1.54, 1.807) is 21.6 Å². The van der Waals surface area contributed by atoms with E-state index in [2.05, 4.69) is 17.3 Å². The third-order valence-electron chi connectivity index (χ3n) is 1.35. The number of rotatable bonds is 2. The Bertz CT molecular complexity index is 248. The molecule has 1 aromatic rings. The maximum atomic E-state index is 4.36. The van der Waals surface area contributed by atoms with E-state index in [0.29, 0.717) is 0 Å². The zero-order valence-electron chi connectivity index (χ0n) is 6.92. The summed E-state index contributed by atoms with van der Waals surface area (Å²) in [6, 6.07) is 4.17. The van der Waals surface area contributed by atoms with Crippen LogP contribution in [-0.4, -0.2) is 11.2 Å². The fraction of sp³-hybridized carbons (Fsp3) is 0.375. The van der Waals surface area contributed by atoms with Gasteiger partial charge in [-0.15, -0.1) is 0 Å². The summed E-state index contributed by atoms with van der Waals surface area (Å²) in [4.78, 5) is 5.62. The lowest BCUT2D eigenvalue weighted by atomic mass is 10.3. The molecule has 0 aromatic carbocycles. The predicted molar refractivity (Wildman–Crippen MR) is 53.1 cm³/mol. The highest BCUT2D eigenvalue weighted by Gasteiger charge is 1.98. The highest BCUT2D eigenvalue weighted by molar-refractivity contribution is 8.76. The van der Waals surface area contributed by atoms with Gasteiger partial charge < -0.3 is 0 Å². The quantitative estimate of drug-likeness (QED) is 0.657. The minimum atomic E-state index is 1.09. The van der Waals surface area contributed by atoms with E-state index < -0.39 is 0 Å². The van der Waals surface area contributed by atoms with Crippen LogP contribution in [-0.2, 0) is 0 Å². The van der Waals surface area contributed by atoms with Crippen molar-refractivity contribution >= 4 is 21.6 Å². The molecule has 11 heavy (non-hydrogen) atoms. The molecule has 1 rings (SSSR count). The van der Waals surface area contributed by atoms with Gasteiger partial charge in [0.15, 0.2) is 0 Å². The van der Waals surface area contributed by atoms with Gasteiger partial charge in [0.2, 0.25) is 0 Å². The number of hydrogen-bond donors (Lipinski definition) is 0. The van der Waals surface area contributed by atoms with Gasteiger partial charge >= 0.3 is 0 Å². The summed E-state index contributed by atoms with van der Waals surface area (Å²) in [5, 5.41) is 0. The molecule has 0 amide bonds. The van der Waals surface area contributed by atoms with Crippen molar-refractivity contribution in [1.82, 2.24) is 4.98 Å². The second-order valence-corrected chi connectivity index (χ2v) is 4.73. The van der Waals surface area contributed by atoms with Crippen molar-refractivity contribution in [3.8, 4) is 0 Å². The Morgan fingerprint density at radius 2 is 2.00 bits per heavy atom. The van der Waals surface area contributed by atoms with Crippen LogP contribution < -0.4 is 0 Å². The van der Waals surface area contributed by atoms with E-state index >= 15 is 0 Å². The zero-order valence-corrected chi connectivity index (χ0v) is 8.55. The Labute approximate surface area is 75.4 Å². The fourth-order valence-electron chi connectivity index (χ4n) is 0.852. The molecule has 60 valence electrons. The molecule has 0 saturated heterocycles. The van der Waals surface area contributed by atoms with Crippen LogP contribution in [0, 0.1) is 13.8 Å². The van der Waals surface area contributed by atoms with Crippen molar-refractivity contribution in [1.29, 1.82) is 0 Å². The van der Waals surface area contributed by atoms with Gasteiger partial charge in [-0.25, -0.2) is 0 Å². The van der Waals surface area contributed by atoms with Crippen molar-refractivity contribution in [3.05, 3.63) is 23.5 Å². The molecule has 0 aliphatic carbocycles. The molecule has 0 unspecified atom stereocenters. The molecule has 0 fully saturated rings. The van der Waals surface area contributed by atoms with Crippen LogP contribution in [0.25, 0.3) is 0 Å². The number of pyridine rings is 1. The van der Waals surface area contributed by atoms with E-state index in [1.807, 2.05) is 19.9 Å². The Morgan fingerprint density at radius 3 is 2.55 bits per heavy atom. The van der Waals surface area contributed by atoms with Crippen LogP contribution >= 0.6 is 21.6 Å². The standard InChI is InChI=1S/C8H11NS2/c1-6-4-5-8(11-10-3)7(2)9-6/h4-5H,1-3H3. The molecule has 1 nitrogen and oxygen atoms in total. The monoisotopic (exact) mass is 185 g/mol. The minimum Gasteiger partial charge on any atom is -0.257 e. The van der Waals surface area contributed by atoms with E-state index in [1.165, 1.54) is 4.90 Å².